The quantitative estimate of drug-likeness (QED) is 0.554. The molecular formula is C6H8ClO2. The van der Waals surface area contributed by atoms with Gasteiger partial charge in [0.25, 0.3) is 0 Å². The Morgan fingerprint density at radius 3 is 2.78 bits per heavy atom. The van der Waals surface area contributed by atoms with Crippen molar-refractivity contribution in [2.75, 3.05) is 7.11 Å². The minimum atomic E-state index is -0.347. The Bertz CT molecular complexity index is 129. The maximum Gasteiger partial charge on any atom is 0.310 e. The Balaban J connectivity index is 3.60. The molecular weight excluding hydrogens is 140 g/mol. The molecule has 0 fully saturated rings. The molecule has 0 N–H and O–H groups in total. The maximum atomic E-state index is 10.4. The Kier molecular flexibility index (Phi) is 4.14. The third-order valence-electron chi connectivity index (χ3n) is 0.762. The molecule has 0 aliphatic heterocycles. The summed E-state index contributed by atoms with van der Waals surface area (Å²) < 4.78 is 4.33. The summed E-state index contributed by atoms with van der Waals surface area (Å²) in [5, 5.41) is 0.404. The molecule has 3 heteroatoms. The van der Waals surface area contributed by atoms with E-state index in [2.05, 4.69) is 11.7 Å². The number of hydrogen-bond acceptors (Lipinski definition) is 2. The molecule has 0 unspecified atom stereocenters. The van der Waals surface area contributed by atoms with Gasteiger partial charge in [0, 0.05) is 5.03 Å². The van der Waals surface area contributed by atoms with Crippen molar-refractivity contribution in [3.05, 3.63) is 18.0 Å². The highest BCUT2D eigenvalue weighted by Crippen LogP contribution is 2.06. The van der Waals surface area contributed by atoms with Crippen molar-refractivity contribution in [2.45, 2.75) is 6.42 Å². The van der Waals surface area contributed by atoms with Gasteiger partial charge in [-0.2, -0.15) is 0 Å². The zero-order chi connectivity index (χ0) is 7.28. The third kappa shape index (κ3) is 4.03. The second-order valence-electron chi connectivity index (χ2n) is 1.40. The number of hydrogen-bond donors (Lipinski definition) is 0. The highest BCUT2D eigenvalue weighted by atomic mass is 35.5. The van der Waals surface area contributed by atoms with Crippen molar-refractivity contribution in [1.29, 1.82) is 0 Å². The molecule has 0 aliphatic rings. The second kappa shape index (κ2) is 4.39. The topological polar surface area (TPSA) is 26.3 Å². The van der Waals surface area contributed by atoms with E-state index in [1.165, 1.54) is 13.2 Å². The van der Waals surface area contributed by atoms with E-state index in [4.69, 9.17) is 11.6 Å². The zero-order valence-corrected chi connectivity index (χ0v) is 5.94. The number of carbonyl (C=O) groups is 1. The molecule has 0 rings (SSSR count). The molecule has 0 amide bonds. The Hall–Kier alpha value is -0.500. The van der Waals surface area contributed by atoms with E-state index in [1.807, 2.05) is 0 Å². The summed E-state index contributed by atoms with van der Waals surface area (Å²) in [5.41, 5.74) is 0. The van der Waals surface area contributed by atoms with Crippen LogP contribution in [0.25, 0.3) is 0 Å². The van der Waals surface area contributed by atoms with Crippen LogP contribution in [0.3, 0.4) is 0 Å². The molecule has 0 aliphatic carbocycles. The summed E-state index contributed by atoms with van der Waals surface area (Å²) in [7, 11) is 1.32. The number of carbonyl (C=O) groups excluding carboxylic acids is 1. The molecule has 0 aromatic carbocycles. The van der Waals surface area contributed by atoms with E-state index >= 15 is 0 Å². The fraction of sp³-hybridized carbons (Fsp3) is 0.333. The van der Waals surface area contributed by atoms with E-state index in [-0.39, 0.29) is 12.4 Å². The summed E-state index contributed by atoms with van der Waals surface area (Å²) in [6.45, 7) is 3.37. The lowest BCUT2D eigenvalue weighted by atomic mass is 10.4. The first-order chi connectivity index (χ1) is 4.20. The highest BCUT2D eigenvalue weighted by molar-refractivity contribution is 6.30. The minimum absolute atomic E-state index is 0.113. The standard InChI is InChI=1S/C6H8ClO2/c1-3-5(7)4-6(8)9-2/h3H,1,4H2,2H3. The smallest absolute Gasteiger partial charge is 0.310 e. The number of esters is 1. The van der Waals surface area contributed by atoms with Crippen molar-refractivity contribution in [3.8, 4) is 0 Å². The van der Waals surface area contributed by atoms with Crippen LogP contribution < -0.4 is 0 Å². The molecule has 0 bridgehead atoms. The largest absolute Gasteiger partial charge is 0.469 e. The summed E-state index contributed by atoms with van der Waals surface area (Å²) >= 11 is 5.44. The molecule has 0 spiro atoms. The van der Waals surface area contributed by atoms with Crippen LogP contribution in [0.2, 0.25) is 0 Å². The van der Waals surface area contributed by atoms with Gasteiger partial charge in [-0.1, -0.05) is 17.7 Å². The van der Waals surface area contributed by atoms with Crippen molar-refractivity contribution in [2.24, 2.45) is 0 Å². The van der Waals surface area contributed by atoms with Gasteiger partial charge in [-0.25, -0.2) is 0 Å². The normalized spacial score (nSPS) is 11.2. The Morgan fingerprint density at radius 2 is 2.44 bits per heavy atom. The van der Waals surface area contributed by atoms with Gasteiger partial charge in [0.1, 0.15) is 0 Å². The average Bonchev–Trinajstić information content (AvgIpc) is 1.87. The zero-order valence-electron chi connectivity index (χ0n) is 5.19. The molecule has 0 saturated carbocycles. The van der Waals surface area contributed by atoms with Crippen LogP contribution >= 0.6 is 11.6 Å². The van der Waals surface area contributed by atoms with E-state index < -0.39 is 0 Å². The van der Waals surface area contributed by atoms with Gasteiger partial charge in [-0.3, -0.25) is 4.79 Å². The molecule has 51 valence electrons. The van der Waals surface area contributed by atoms with Crippen molar-refractivity contribution in [1.82, 2.24) is 0 Å². The lowest BCUT2D eigenvalue weighted by Gasteiger charge is -1.94. The number of rotatable bonds is 2. The first-order valence-corrected chi connectivity index (χ1v) is 2.79. The predicted molar refractivity (Wildman–Crippen MR) is 35.9 cm³/mol. The van der Waals surface area contributed by atoms with Crippen LogP contribution in [0.5, 0.6) is 0 Å². The predicted octanol–water partition coefficient (Wildman–Crippen LogP) is 1.51. The minimum Gasteiger partial charge on any atom is -0.469 e. The van der Waals surface area contributed by atoms with Crippen LogP contribution in [0, 0.1) is 6.92 Å². The molecule has 2 nitrogen and oxygen atoms in total. The third-order valence-corrected chi connectivity index (χ3v) is 1.05. The first kappa shape index (κ1) is 8.50. The van der Waals surface area contributed by atoms with Crippen LogP contribution in [-0.2, 0) is 9.53 Å². The molecule has 0 aromatic heterocycles. The Morgan fingerprint density at radius 1 is 1.89 bits per heavy atom. The lowest BCUT2D eigenvalue weighted by Crippen LogP contribution is -1.98. The van der Waals surface area contributed by atoms with Crippen LogP contribution in [0.4, 0.5) is 0 Å². The summed E-state index contributed by atoms with van der Waals surface area (Å²) in [6, 6.07) is 0. The van der Waals surface area contributed by atoms with Crippen LogP contribution in [-0.4, -0.2) is 13.1 Å². The number of halogens is 1. The van der Waals surface area contributed by atoms with Crippen LogP contribution in [0.15, 0.2) is 11.1 Å². The van der Waals surface area contributed by atoms with Gasteiger partial charge in [0.2, 0.25) is 0 Å². The summed E-state index contributed by atoms with van der Waals surface area (Å²) in [4.78, 5) is 10.4. The molecule has 1 radical (unpaired) electrons. The molecule has 0 aromatic rings. The van der Waals surface area contributed by atoms with Gasteiger partial charge < -0.3 is 4.74 Å². The average molecular weight is 148 g/mol. The van der Waals surface area contributed by atoms with E-state index in [0.717, 1.165) is 0 Å². The van der Waals surface area contributed by atoms with E-state index in [1.54, 1.807) is 0 Å². The van der Waals surface area contributed by atoms with Crippen LogP contribution in [0.1, 0.15) is 6.42 Å². The van der Waals surface area contributed by atoms with Crippen molar-refractivity contribution in [3.63, 3.8) is 0 Å². The first-order valence-electron chi connectivity index (χ1n) is 2.41. The number of methoxy groups -OCH3 is 1. The van der Waals surface area contributed by atoms with E-state index in [0.29, 0.717) is 5.03 Å². The lowest BCUT2D eigenvalue weighted by molar-refractivity contribution is -0.139. The fourth-order valence-electron chi connectivity index (χ4n) is 0.282. The van der Waals surface area contributed by atoms with Gasteiger partial charge >= 0.3 is 5.97 Å². The van der Waals surface area contributed by atoms with Gasteiger partial charge in [-0.15, -0.1) is 0 Å². The molecule has 0 saturated heterocycles. The fourth-order valence-corrected chi connectivity index (χ4v) is 0.391. The maximum absolute atomic E-state index is 10.4. The van der Waals surface area contributed by atoms with E-state index in [9.17, 15) is 4.79 Å². The summed E-state index contributed by atoms with van der Waals surface area (Å²) in [6.07, 6.45) is 1.53. The Labute approximate surface area is 59.5 Å². The SMILES string of the molecule is [CH2]C=C(Cl)CC(=O)OC. The van der Waals surface area contributed by atoms with Gasteiger partial charge in [0.05, 0.1) is 13.5 Å². The monoisotopic (exact) mass is 147 g/mol. The molecule has 0 heterocycles. The highest BCUT2D eigenvalue weighted by Gasteiger charge is 2.00. The molecule has 9 heavy (non-hydrogen) atoms. The van der Waals surface area contributed by atoms with Gasteiger partial charge in [-0.05, 0) is 6.92 Å². The number of allylic oxidation sites excluding steroid dienone is 1. The van der Waals surface area contributed by atoms with Crippen molar-refractivity contribution >= 4 is 17.6 Å². The van der Waals surface area contributed by atoms with Gasteiger partial charge in [0.15, 0.2) is 0 Å². The number of ether oxygens (including phenoxy) is 1. The summed E-state index contributed by atoms with van der Waals surface area (Å²) in [5.74, 6) is -0.347. The molecule has 0 atom stereocenters. The second-order valence-corrected chi connectivity index (χ2v) is 1.89. The van der Waals surface area contributed by atoms with Crippen molar-refractivity contribution < 1.29 is 9.53 Å².